The van der Waals surface area contributed by atoms with E-state index in [1.807, 2.05) is 4.90 Å². The van der Waals surface area contributed by atoms with E-state index in [0.717, 1.165) is 18.9 Å². The lowest BCUT2D eigenvalue weighted by atomic mass is 10.1. The van der Waals surface area contributed by atoms with Crippen molar-refractivity contribution in [2.24, 2.45) is 11.7 Å². The predicted octanol–water partition coefficient (Wildman–Crippen LogP) is 1.36. The van der Waals surface area contributed by atoms with Crippen LogP contribution in [0.25, 0.3) is 0 Å². The van der Waals surface area contributed by atoms with Gasteiger partial charge in [-0.1, -0.05) is 0 Å². The number of fused-ring (bicyclic) bond motifs is 2. The van der Waals surface area contributed by atoms with Crippen LogP contribution in [0.5, 0.6) is 0 Å². The highest BCUT2D eigenvalue weighted by atomic mass is 16.4. The van der Waals surface area contributed by atoms with Crippen LogP contribution < -0.4 is 5.73 Å². The molecule has 16 heavy (non-hydrogen) atoms. The summed E-state index contributed by atoms with van der Waals surface area (Å²) in [7, 11) is 0. The highest BCUT2D eigenvalue weighted by Gasteiger charge is 2.41. The van der Waals surface area contributed by atoms with Gasteiger partial charge in [-0.05, 0) is 37.3 Å². The molecule has 0 spiro atoms. The first-order valence-corrected chi connectivity index (χ1v) is 5.87. The zero-order chi connectivity index (χ0) is 11.1. The Bertz CT molecular complexity index is 413. The lowest BCUT2D eigenvalue weighted by Gasteiger charge is -2.25. The van der Waals surface area contributed by atoms with E-state index in [0.29, 0.717) is 24.1 Å². The number of amides is 1. The maximum Gasteiger partial charge on any atom is 0.289 e. The molecule has 2 heterocycles. The van der Waals surface area contributed by atoms with Crippen LogP contribution in [0.2, 0.25) is 0 Å². The lowest BCUT2D eigenvalue weighted by Crippen LogP contribution is -2.37. The monoisotopic (exact) mass is 220 g/mol. The van der Waals surface area contributed by atoms with Gasteiger partial charge in [-0.15, -0.1) is 0 Å². The summed E-state index contributed by atoms with van der Waals surface area (Å²) in [5.74, 6) is 1.87. The van der Waals surface area contributed by atoms with Crippen molar-refractivity contribution in [1.29, 1.82) is 0 Å². The summed E-state index contributed by atoms with van der Waals surface area (Å²) in [4.78, 5) is 14.1. The third kappa shape index (κ3) is 1.45. The Morgan fingerprint density at radius 1 is 1.50 bits per heavy atom. The van der Waals surface area contributed by atoms with E-state index in [-0.39, 0.29) is 5.91 Å². The van der Waals surface area contributed by atoms with Gasteiger partial charge < -0.3 is 15.1 Å². The Labute approximate surface area is 94.4 Å². The highest BCUT2D eigenvalue weighted by molar-refractivity contribution is 5.92. The van der Waals surface area contributed by atoms with Gasteiger partial charge in [-0.2, -0.15) is 0 Å². The second kappa shape index (κ2) is 3.63. The fourth-order valence-electron chi connectivity index (χ4n) is 2.92. The van der Waals surface area contributed by atoms with Crippen molar-refractivity contribution in [3.8, 4) is 0 Å². The third-order valence-corrected chi connectivity index (χ3v) is 3.74. The van der Waals surface area contributed by atoms with Crippen LogP contribution in [-0.2, 0) is 6.54 Å². The first kappa shape index (κ1) is 9.90. The van der Waals surface area contributed by atoms with E-state index in [1.165, 1.54) is 12.8 Å². The number of furan rings is 1. The van der Waals surface area contributed by atoms with Crippen LogP contribution in [0.15, 0.2) is 16.5 Å². The quantitative estimate of drug-likeness (QED) is 0.818. The third-order valence-electron chi connectivity index (χ3n) is 3.74. The fourth-order valence-corrected chi connectivity index (χ4v) is 2.92. The van der Waals surface area contributed by atoms with Crippen LogP contribution in [0.4, 0.5) is 0 Å². The predicted molar refractivity (Wildman–Crippen MR) is 58.8 cm³/mol. The number of nitrogens with two attached hydrogens (primary N) is 1. The van der Waals surface area contributed by atoms with E-state index in [2.05, 4.69) is 0 Å². The Morgan fingerprint density at radius 3 is 2.94 bits per heavy atom. The van der Waals surface area contributed by atoms with Gasteiger partial charge in [0, 0.05) is 12.6 Å². The van der Waals surface area contributed by atoms with Crippen molar-refractivity contribution in [2.75, 3.05) is 6.54 Å². The summed E-state index contributed by atoms with van der Waals surface area (Å²) in [6.07, 6.45) is 3.61. The Kier molecular flexibility index (Phi) is 2.24. The van der Waals surface area contributed by atoms with Crippen molar-refractivity contribution >= 4 is 5.91 Å². The molecular weight excluding hydrogens is 204 g/mol. The lowest BCUT2D eigenvalue weighted by molar-refractivity contribution is 0.0669. The van der Waals surface area contributed by atoms with Crippen molar-refractivity contribution in [1.82, 2.24) is 4.90 Å². The molecule has 1 aliphatic heterocycles. The largest absolute Gasteiger partial charge is 0.455 e. The van der Waals surface area contributed by atoms with Crippen LogP contribution in [0.3, 0.4) is 0 Å². The van der Waals surface area contributed by atoms with Gasteiger partial charge in [-0.3, -0.25) is 4.79 Å². The van der Waals surface area contributed by atoms with Gasteiger partial charge in [0.05, 0.1) is 6.54 Å². The Balaban J connectivity index is 1.77. The Hall–Kier alpha value is -1.29. The van der Waals surface area contributed by atoms with Gasteiger partial charge in [0.1, 0.15) is 5.76 Å². The smallest absolute Gasteiger partial charge is 0.289 e. The van der Waals surface area contributed by atoms with Gasteiger partial charge in [-0.25, -0.2) is 0 Å². The first-order valence-electron chi connectivity index (χ1n) is 5.87. The maximum atomic E-state index is 12.2. The van der Waals surface area contributed by atoms with Gasteiger partial charge in [0.15, 0.2) is 5.76 Å². The molecule has 1 aliphatic carbocycles. The highest BCUT2D eigenvalue weighted by Crippen LogP contribution is 2.38. The number of carbonyl (C=O) groups is 1. The van der Waals surface area contributed by atoms with Gasteiger partial charge in [0.2, 0.25) is 0 Å². The van der Waals surface area contributed by atoms with E-state index in [1.54, 1.807) is 12.1 Å². The molecule has 0 radical (unpaired) electrons. The molecule has 4 nitrogen and oxygen atoms in total. The molecule has 1 saturated carbocycles. The number of carbonyl (C=O) groups excluding carboxylic acids is 1. The molecule has 2 bridgehead atoms. The van der Waals surface area contributed by atoms with Crippen molar-refractivity contribution in [3.05, 3.63) is 23.7 Å². The van der Waals surface area contributed by atoms with E-state index in [4.69, 9.17) is 10.2 Å². The van der Waals surface area contributed by atoms with Crippen molar-refractivity contribution in [2.45, 2.75) is 31.8 Å². The number of nitrogens with zero attached hydrogens (tertiary/aromatic N) is 1. The van der Waals surface area contributed by atoms with E-state index in [9.17, 15) is 4.79 Å². The van der Waals surface area contributed by atoms with Crippen molar-refractivity contribution < 1.29 is 9.21 Å². The molecule has 4 heteroatoms. The van der Waals surface area contributed by atoms with Crippen LogP contribution >= 0.6 is 0 Å². The molecule has 1 aromatic rings. The van der Waals surface area contributed by atoms with Crippen molar-refractivity contribution in [3.63, 3.8) is 0 Å². The summed E-state index contributed by atoms with van der Waals surface area (Å²) < 4.78 is 5.40. The number of hydrogen-bond donors (Lipinski definition) is 1. The SMILES string of the molecule is NCc1ccc(C(=O)N2CC3CCC2C3)o1. The van der Waals surface area contributed by atoms with Gasteiger partial charge >= 0.3 is 0 Å². The molecule has 1 aromatic heterocycles. The van der Waals surface area contributed by atoms with Crippen LogP contribution in [-0.4, -0.2) is 23.4 Å². The number of hydrogen-bond acceptors (Lipinski definition) is 3. The number of likely N-dealkylation sites (tertiary alicyclic amines) is 1. The minimum absolute atomic E-state index is 0.0342. The molecule has 2 fully saturated rings. The molecule has 1 saturated heterocycles. The zero-order valence-electron chi connectivity index (χ0n) is 9.19. The second-order valence-corrected chi connectivity index (χ2v) is 4.76. The number of piperidine rings is 1. The molecular formula is C12H16N2O2. The molecule has 1 amide bonds. The standard InChI is InChI=1S/C12H16N2O2/c13-6-10-3-4-11(16-10)12(15)14-7-8-1-2-9(14)5-8/h3-4,8-9H,1-2,5-7,13H2. The topological polar surface area (TPSA) is 59.5 Å². The molecule has 0 aromatic carbocycles. The molecule has 2 atom stereocenters. The molecule has 86 valence electrons. The van der Waals surface area contributed by atoms with Crippen LogP contribution in [0, 0.1) is 5.92 Å². The average Bonchev–Trinajstić information content (AvgIpc) is 3.03. The molecule has 2 unspecified atom stereocenters. The average molecular weight is 220 g/mol. The summed E-state index contributed by atoms with van der Waals surface area (Å²) in [5.41, 5.74) is 5.46. The maximum absolute atomic E-state index is 12.2. The van der Waals surface area contributed by atoms with Crippen LogP contribution in [0.1, 0.15) is 35.6 Å². The second-order valence-electron chi connectivity index (χ2n) is 4.76. The summed E-state index contributed by atoms with van der Waals surface area (Å²) in [6.45, 7) is 1.25. The van der Waals surface area contributed by atoms with E-state index < -0.39 is 0 Å². The molecule has 2 aliphatic rings. The zero-order valence-corrected chi connectivity index (χ0v) is 9.19. The van der Waals surface area contributed by atoms with Gasteiger partial charge in [0.25, 0.3) is 5.91 Å². The molecule has 2 N–H and O–H groups in total. The minimum Gasteiger partial charge on any atom is -0.455 e. The normalized spacial score (nSPS) is 27.7. The Morgan fingerprint density at radius 2 is 2.38 bits per heavy atom. The molecule has 3 rings (SSSR count). The fraction of sp³-hybridized carbons (Fsp3) is 0.583. The van der Waals surface area contributed by atoms with E-state index >= 15 is 0 Å². The first-order chi connectivity index (χ1) is 7.78. The minimum atomic E-state index is 0.0342. The summed E-state index contributed by atoms with van der Waals surface area (Å²) in [5, 5.41) is 0. The summed E-state index contributed by atoms with van der Waals surface area (Å²) >= 11 is 0. The summed E-state index contributed by atoms with van der Waals surface area (Å²) in [6, 6.07) is 3.96. The number of rotatable bonds is 2.